The lowest BCUT2D eigenvalue weighted by Gasteiger charge is -2.22. The van der Waals surface area contributed by atoms with Crippen LogP contribution in [0.15, 0.2) is 12.4 Å². The number of aromatic nitrogens is 2. The molecule has 1 aromatic heterocycles. The first-order valence-electron chi connectivity index (χ1n) is 5.62. The van der Waals surface area contributed by atoms with Gasteiger partial charge in [0.05, 0.1) is 24.5 Å². The zero-order valence-corrected chi connectivity index (χ0v) is 10.3. The van der Waals surface area contributed by atoms with Crippen LogP contribution in [0, 0.1) is 5.92 Å². The molecular formula is C11H22N4O. The van der Waals surface area contributed by atoms with E-state index in [0.717, 1.165) is 6.54 Å². The van der Waals surface area contributed by atoms with E-state index in [2.05, 4.69) is 23.8 Å². The van der Waals surface area contributed by atoms with Gasteiger partial charge in [-0.3, -0.25) is 4.68 Å². The number of likely N-dealkylation sites (N-methyl/N-ethyl adjacent to an activating group) is 1. The van der Waals surface area contributed by atoms with E-state index >= 15 is 0 Å². The standard InChI is InChI=1S/C11H22N4O/c1-9(2)5-14(3)7-11(16)8-15-6-10(12)4-13-15/h4,6,9,11,16H,5,7-8,12H2,1-3H3. The van der Waals surface area contributed by atoms with Crippen LogP contribution in [0.5, 0.6) is 0 Å². The van der Waals surface area contributed by atoms with Gasteiger partial charge >= 0.3 is 0 Å². The van der Waals surface area contributed by atoms with Gasteiger partial charge in [0.25, 0.3) is 0 Å². The second kappa shape index (κ2) is 5.86. The maximum Gasteiger partial charge on any atom is 0.0862 e. The molecule has 0 amide bonds. The first-order chi connectivity index (χ1) is 7.47. The fourth-order valence-corrected chi connectivity index (χ4v) is 1.81. The van der Waals surface area contributed by atoms with Gasteiger partial charge in [-0.2, -0.15) is 5.10 Å². The Balaban J connectivity index is 2.32. The van der Waals surface area contributed by atoms with E-state index in [1.165, 1.54) is 0 Å². The van der Waals surface area contributed by atoms with Gasteiger partial charge in [-0.05, 0) is 13.0 Å². The molecule has 0 aliphatic heterocycles. The number of nitrogen functional groups attached to an aromatic ring is 1. The summed E-state index contributed by atoms with van der Waals surface area (Å²) in [5, 5.41) is 13.9. The second-order valence-electron chi connectivity index (χ2n) is 4.76. The van der Waals surface area contributed by atoms with Gasteiger partial charge in [0.15, 0.2) is 0 Å². The van der Waals surface area contributed by atoms with Crippen molar-refractivity contribution in [1.82, 2.24) is 14.7 Å². The molecule has 0 saturated carbocycles. The normalized spacial score (nSPS) is 13.6. The maximum atomic E-state index is 9.85. The molecule has 1 atom stereocenters. The van der Waals surface area contributed by atoms with Crippen LogP contribution in [-0.2, 0) is 6.54 Å². The molecule has 1 rings (SSSR count). The van der Waals surface area contributed by atoms with Crippen molar-refractivity contribution in [3.63, 3.8) is 0 Å². The van der Waals surface area contributed by atoms with Gasteiger partial charge in [0.1, 0.15) is 0 Å². The maximum absolute atomic E-state index is 9.85. The summed E-state index contributed by atoms with van der Waals surface area (Å²) in [6, 6.07) is 0. The number of aliphatic hydroxyl groups is 1. The van der Waals surface area contributed by atoms with Crippen molar-refractivity contribution >= 4 is 5.69 Å². The molecule has 1 unspecified atom stereocenters. The van der Waals surface area contributed by atoms with Gasteiger partial charge in [-0.1, -0.05) is 13.8 Å². The van der Waals surface area contributed by atoms with Crippen LogP contribution in [0.3, 0.4) is 0 Å². The lowest BCUT2D eigenvalue weighted by Crippen LogP contribution is -2.34. The summed E-state index contributed by atoms with van der Waals surface area (Å²) in [5.41, 5.74) is 6.17. The summed E-state index contributed by atoms with van der Waals surface area (Å²) in [5.74, 6) is 0.609. The van der Waals surface area contributed by atoms with E-state index < -0.39 is 6.10 Å². The predicted octanol–water partition coefficient (Wildman–Crippen LogP) is 0.414. The number of nitrogens with zero attached hydrogens (tertiary/aromatic N) is 3. The van der Waals surface area contributed by atoms with Crippen LogP contribution >= 0.6 is 0 Å². The average Bonchev–Trinajstić information content (AvgIpc) is 2.48. The van der Waals surface area contributed by atoms with Crippen molar-refractivity contribution in [1.29, 1.82) is 0 Å². The third-order valence-corrected chi connectivity index (χ3v) is 2.25. The van der Waals surface area contributed by atoms with Crippen LogP contribution in [0.25, 0.3) is 0 Å². The second-order valence-corrected chi connectivity index (χ2v) is 4.76. The largest absolute Gasteiger partial charge is 0.396 e. The van der Waals surface area contributed by atoms with Crippen LogP contribution < -0.4 is 5.73 Å². The topological polar surface area (TPSA) is 67.3 Å². The Morgan fingerprint density at radius 1 is 1.50 bits per heavy atom. The molecule has 0 fully saturated rings. The third kappa shape index (κ3) is 4.63. The van der Waals surface area contributed by atoms with Crippen molar-refractivity contribution in [2.45, 2.75) is 26.5 Å². The van der Waals surface area contributed by atoms with Crippen molar-refractivity contribution < 1.29 is 5.11 Å². The molecule has 0 saturated heterocycles. The Labute approximate surface area is 96.9 Å². The van der Waals surface area contributed by atoms with Crippen molar-refractivity contribution in [3.05, 3.63) is 12.4 Å². The molecule has 0 spiro atoms. The fraction of sp³-hybridized carbons (Fsp3) is 0.727. The summed E-state index contributed by atoms with van der Waals surface area (Å²) in [4.78, 5) is 2.13. The summed E-state index contributed by atoms with van der Waals surface area (Å²) < 4.78 is 1.67. The van der Waals surface area contributed by atoms with Crippen LogP contribution in [-0.4, -0.2) is 46.0 Å². The van der Waals surface area contributed by atoms with Crippen LogP contribution in [0.4, 0.5) is 5.69 Å². The summed E-state index contributed by atoms with van der Waals surface area (Å²) in [6.07, 6.45) is 2.90. The van der Waals surface area contributed by atoms with E-state index in [9.17, 15) is 5.11 Å². The van der Waals surface area contributed by atoms with E-state index in [-0.39, 0.29) is 0 Å². The number of aliphatic hydroxyl groups excluding tert-OH is 1. The highest BCUT2D eigenvalue weighted by atomic mass is 16.3. The first-order valence-corrected chi connectivity index (χ1v) is 5.62. The Morgan fingerprint density at radius 2 is 2.19 bits per heavy atom. The molecule has 0 aliphatic rings. The van der Waals surface area contributed by atoms with Gasteiger partial charge in [0.2, 0.25) is 0 Å². The predicted molar refractivity (Wildman–Crippen MR) is 65.0 cm³/mol. The van der Waals surface area contributed by atoms with Crippen molar-refractivity contribution in [2.75, 3.05) is 25.9 Å². The zero-order valence-electron chi connectivity index (χ0n) is 10.3. The number of anilines is 1. The minimum atomic E-state index is -0.414. The summed E-state index contributed by atoms with van der Waals surface area (Å²) in [7, 11) is 2.01. The SMILES string of the molecule is CC(C)CN(C)CC(O)Cn1cc(N)cn1. The number of rotatable bonds is 6. The van der Waals surface area contributed by atoms with Gasteiger partial charge in [-0.15, -0.1) is 0 Å². The summed E-state index contributed by atoms with van der Waals surface area (Å²) in [6.45, 7) is 6.45. The Bertz CT molecular complexity index is 311. The number of nitrogens with two attached hydrogens (primary N) is 1. The molecule has 16 heavy (non-hydrogen) atoms. The number of hydrogen-bond donors (Lipinski definition) is 2. The lowest BCUT2D eigenvalue weighted by atomic mass is 10.2. The van der Waals surface area contributed by atoms with Gasteiger partial charge in [-0.25, -0.2) is 0 Å². The van der Waals surface area contributed by atoms with Crippen molar-refractivity contribution in [2.24, 2.45) is 5.92 Å². The van der Waals surface area contributed by atoms with Crippen LogP contribution in [0.2, 0.25) is 0 Å². The zero-order chi connectivity index (χ0) is 12.1. The van der Waals surface area contributed by atoms with Crippen LogP contribution in [0.1, 0.15) is 13.8 Å². The summed E-state index contributed by atoms with van der Waals surface area (Å²) >= 11 is 0. The van der Waals surface area contributed by atoms with Crippen molar-refractivity contribution in [3.8, 4) is 0 Å². The number of hydrogen-bond acceptors (Lipinski definition) is 4. The van der Waals surface area contributed by atoms with E-state index in [1.807, 2.05) is 7.05 Å². The van der Waals surface area contributed by atoms with Gasteiger partial charge < -0.3 is 15.7 Å². The molecular weight excluding hydrogens is 204 g/mol. The fourth-order valence-electron chi connectivity index (χ4n) is 1.81. The Hall–Kier alpha value is -1.07. The minimum Gasteiger partial charge on any atom is -0.396 e. The highest BCUT2D eigenvalue weighted by molar-refractivity contribution is 5.30. The molecule has 0 bridgehead atoms. The van der Waals surface area contributed by atoms with Gasteiger partial charge in [0, 0.05) is 19.3 Å². The smallest absolute Gasteiger partial charge is 0.0862 e. The Morgan fingerprint density at radius 3 is 2.69 bits per heavy atom. The lowest BCUT2D eigenvalue weighted by molar-refractivity contribution is 0.102. The monoisotopic (exact) mass is 226 g/mol. The molecule has 5 heteroatoms. The molecule has 0 aliphatic carbocycles. The quantitative estimate of drug-likeness (QED) is 0.737. The third-order valence-electron chi connectivity index (χ3n) is 2.25. The average molecular weight is 226 g/mol. The molecule has 1 aromatic rings. The molecule has 5 nitrogen and oxygen atoms in total. The van der Waals surface area contributed by atoms with E-state index in [1.54, 1.807) is 17.1 Å². The van der Waals surface area contributed by atoms with E-state index in [0.29, 0.717) is 24.7 Å². The highest BCUT2D eigenvalue weighted by Crippen LogP contribution is 2.02. The van der Waals surface area contributed by atoms with E-state index in [4.69, 9.17) is 5.73 Å². The molecule has 0 radical (unpaired) electrons. The molecule has 3 N–H and O–H groups in total. The first kappa shape index (κ1) is 13.0. The Kier molecular flexibility index (Phi) is 4.76. The minimum absolute atomic E-state index is 0.414. The highest BCUT2D eigenvalue weighted by Gasteiger charge is 2.10. The molecule has 0 aromatic carbocycles. The molecule has 92 valence electrons. The molecule has 1 heterocycles.